The lowest BCUT2D eigenvalue weighted by molar-refractivity contribution is 0.657. The summed E-state index contributed by atoms with van der Waals surface area (Å²) in [6.45, 7) is 9.53. The molecule has 0 aliphatic carbocycles. The highest BCUT2D eigenvalue weighted by Crippen LogP contribution is 2.17. The van der Waals surface area contributed by atoms with Gasteiger partial charge in [0.15, 0.2) is 0 Å². The van der Waals surface area contributed by atoms with E-state index in [1.54, 1.807) is 11.3 Å². The standard InChI is InChI=1S/C15H23N3S/c1-4-8-16-9-7-15-12(2)17-18(13(15)3)11-14-6-5-10-19-14/h5-6,10,16H,4,7-9,11H2,1-3H3. The van der Waals surface area contributed by atoms with Crippen LogP contribution in [0.25, 0.3) is 0 Å². The summed E-state index contributed by atoms with van der Waals surface area (Å²) in [5.41, 5.74) is 3.89. The fourth-order valence-electron chi connectivity index (χ4n) is 2.32. The molecule has 0 saturated heterocycles. The van der Waals surface area contributed by atoms with Crippen LogP contribution in [-0.2, 0) is 13.0 Å². The molecule has 0 atom stereocenters. The number of hydrogen-bond acceptors (Lipinski definition) is 3. The maximum atomic E-state index is 4.68. The first-order chi connectivity index (χ1) is 9.22. The van der Waals surface area contributed by atoms with Crippen molar-refractivity contribution in [1.29, 1.82) is 0 Å². The molecule has 4 heteroatoms. The summed E-state index contributed by atoms with van der Waals surface area (Å²) in [6, 6.07) is 4.27. The fourth-order valence-corrected chi connectivity index (χ4v) is 3.00. The van der Waals surface area contributed by atoms with E-state index in [0.29, 0.717) is 0 Å². The highest BCUT2D eigenvalue weighted by molar-refractivity contribution is 7.09. The molecule has 19 heavy (non-hydrogen) atoms. The summed E-state index contributed by atoms with van der Waals surface area (Å²) in [7, 11) is 0. The minimum absolute atomic E-state index is 0.896. The van der Waals surface area contributed by atoms with E-state index >= 15 is 0 Å². The predicted octanol–water partition coefficient (Wildman–Crippen LogP) is 3.15. The Labute approximate surface area is 119 Å². The van der Waals surface area contributed by atoms with E-state index in [1.807, 2.05) is 0 Å². The van der Waals surface area contributed by atoms with Crippen molar-refractivity contribution < 1.29 is 0 Å². The molecule has 3 nitrogen and oxygen atoms in total. The van der Waals surface area contributed by atoms with Gasteiger partial charge < -0.3 is 5.32 Å². The lowest BCUT2D eigenvalue weighted by Gasteiger charge is -2.05. The zero-order valence-electron chi connectivity index (χ0n) is 12.1. The molecule has 0 spiro atoms. The third-order valence-corrected chi connectivity index (χ3v) is 4.26. The van der Waals surface area contributed by atoms with E-state index < -0.39 is 0 Å². The van der Waals surface area contributed by atoms with Gasteiger partial charge in [-0.1, -0.05) is 13.0 Å². The lowest BCUT2D eigenvalue weighted by Crippen LogP contribution is -2.18. The van der Waals surface area contributed by atoms with Crippen molar-refractivity contribution in [2.75, 3.05) is 13.1 Å². The average molecular weight is 277 g/mol. The minimum atomic E-state index is 0.896. The topological polar surface area (TPSA) is 29.9 Å². The van der Waals surface area contributed by atoms with Gasteiger partial charge in [-0.3, -0.25) is 4.68 Å². The van der Waals surface area contributed by atoms with Crippen LogP contribution in [0.15, 0.2) is 17.5 Å². The number of aryl methyl sites for hydroxylation is 1. The first-order valence-electron chi connectivity index (χ1n) is 6.98. The maximum absolute atomic E-state index is 4.68. The average Bonchev–Trinajstić information content (AvgIpc) is 2.98. The van der Waals surface area contributed by atoms with Crippen LogP contribution in [0, 0.1) is 13.8 Å². The highest BCUT2D eigenvalue weighted by atomic mass is 32.1. The summed E-state index contributed by atoms with van der Waals surface area (Å²) in [5.74, 6) is 0. The SMILES string of the molecule is CCCNCCc1c(C)nn(Cc2cccs2)c1C. The third kappa shape index (κ3) is 3.67. The normalized spacial score (nSPS) is 11.1. The van der Waals surface area contributed by atoms with Crippen LogP contribution in [0.5, 0.6) is 0 Å². The van der Waals surface area contributed by atoms with E-state index in [-0.39, 0.29) is 0 Å². The van der Waals surface area contributed by atoms with Crippen molar-refractivity contribution in [3.63, 3.8) is 0 Å². The second kappa shape index (κ2) is 6.87. The summed E-state index contributed by atoms with van der Waals surface area (Å²) < 4.78 is 2.14. The van der Waals surface area contributed by atoms with E-state index in [2.05, 4.69) is 53.4 Å². The van der Waals surface area contributed by atoms with Crippen LogP contribution in [0.4, 0.5) is 0 Å². The van der Waals surface area contributed by atoms with E-state index in [1.165, 1.54) is 28.2 Å². The van der Waals surface area contributed by atoms with Gasteiger partial charge in [-0.25, -0.2) is 0 Å². The first-order valence-corrected chi connectivity index (χ1v) is 7.86. The van der Waals surface area contributed by atoms with Crippen molar-refractivity contribution >= 4 is 11.3 Å². The third-order valence-electron chi connectivity index (χ3n) is 3.40. The fraction of sp³-hybridized carbons (Fsp3) is 0.533. The number of nitrogens with one attached hydrogen (secondary N) is 1. The first kappa shape index (κ1) is 14.3. The molecule has 0 amide bonds. The minimum Gasteiger partial charge on any atom is -0.316 e. The van der Waals surface area contributed by atoms with Gasteiger partial charge in [0.05, 0.1) is 12.2 Å². The van der Waals surface area contributed by atoms with Gasteiger partial charge in [0.25, 0.3) is 0 Å². The van der Waals surface area contributed by atoms with Crippen LogP contribution in [-0.4, -0.2) is 22.9 Å². The molecule has 104 valence electrons. The van der Waals surface area contributed by atoms with E-state index in [4.69, 9.17) is 0 Å². The van der Waals surface area contributed by atoms with Gasteiger partial charge >= 0.3 is 0 Å². The molecule has 0 unspecified atom stereocenters. The number of thiophene rings is 1. The van der Waals surface area contributed by atoms with Gasteiger partial charge in [-0.2, -0.15) is 5.10 Å². The molecule has 0 bridgehead atoms. The Balaban J connectivity index is 2.02. The Morgan fingerprint density at radius 3 is 2.84 bits per heavy atom. The molecule has 2 rings (SSSR count). The Bertz CT molecular complexity index is 500. The van der Waals surface area contributed by atoms with Crippen molar-refractivity contribution in [3.05, 3.63) is 39.3 Å². The van der Waals surface area contributed by atoms with Crippen LogP contribution in [0.3, 0.4) is 0 Å². The maximum Gasteiger partial charge on any atom is 0.0755 e. The smallest absolute Gasteiger partial charge is 0.0755 e. The quantitative estimate of drug-likeness (QED) is 0.788. The molecule has 0 fully saturated rings. The zero-order chi connectivity index (χ0) is 13.7. The largest absolute Gasteiger partial charge is 0.316 e. The molecular weight excluding hydrogens is 254 g/mol. The molecule has 2 heterocycles. The summed E-state index contributed by atoms with van der Waals surface area (Å²) >= 11 is 1.79. The Hall–Kier alpha value is -1.13. The number of rotatable bonds is 7. The molecular formula is C15H23N3S. The summed E-state index contributed by atoms with van der Waals surface area (Å²) in [4.78, 5) is 1.36. The molecule has 2 aromatic heterocycles. The molecule has 0 aromatic carbocycles. The van der Waals surface area contributed by atoms with Crippen LogP contribution >= 0.6 is 11.3 Å². The van der Waals surface area contributed by atoms with Crippen molar-refractivity contribution in [2.24, 2.45) is 0 Å². The van der Waals surface area contributed by atoms with Crippen molar-refractivity contribution in [3.8, 4) is 0 Å². The molecule has 0 aliphatic heterocycles. The second-order valence-electron chi connectivity index (χ2n) is 4.89. The monoisotopic (exact) mass is 277 g/mol. The summed E-state index contributed by atoms with van der Waals surface area (Å²) in [6.07, 6.45) is 2.26. The van der Waals surface area contributed by atoms with Gasteiger partial charge in [-0.15, -0.1) is 11.3 Å². The van der Waals surface area contributed by atoms with E-state index in [0.717, 1.165) is 26.1 Å². The molecule has 0 aliphatic rings. The van der Waals surface area contributed by atoms with Crippen LogP contribution in [0.1, 0.15) is 35.2 Å². The van der Waals surface area contributed by atoms with Crippen LogP contribution < -0.4 is 5.32 Å². The van der Waals surface area contributed by atoms with Gasteiger partial charge in [0.2, 0.25) is 0 Å². The van der Waals surface area contributed by atoms with Crippen LogP contribution in [0.2, 0.25) is 0 Å². The summed E-state index contributed by atoms with van der Waals surface area (Å²) in [5, 5.41) is 10.3. The Kier molecular flexibility index (Phi) is 5.16. The Morgan fingerprint density at radius 1 is 1.32 bits per heavy atom. The van der Waals surface area contributed by atoms with Gasteiger partial charge in [0.1, 0.15) is 0 Å². The zero-order valence-corrected chi connectivity index (χ0v) is 12.9. The molecule has 0 saturated carbocycles. The number of hydrogen-bond donors (Lipinski definition) is 1. The van der Waals surface area contributed by atoms with Gasteiger partial charge in [0, 0.05) is 10.6 Å². The number of nitrogens with zero attached hydrogens (tertiary/aromatic N) is 2. The highest BCUT2D eigenvalue weighted by Gasteiger charge is 2.11. The predicted molar refractivity (Wildman–Crippen MR) is 82.0 cm³/mol. The van der Waals surface area contributed by atoms with Crippen molar-refractivity contribution in [1.82, 2.24) is 15.1 Å². The molecule has 1 N–H and O–H groups in total. The lowest BCUT2D eigenvalue weighted by atomic mass is 10.1. The molecule has 2 aromatic rings. The van der Waals surface area contributed by atoms with Gasteiger partial charge in [-0.05, 0) is 56.8 Å². The number of aromatic nitrogens is 2. The van der Waals surface area contributed by atoms with Crippen molar-refractivity contribution in [2.45, 2.75) is 40.2 Å². The van der Waals surface area contributed by atoms with E-state index in [9.17, 15) is 0 Å². The molecule has 0 radical (unpaired) electrons. The second-order valence-corrected chi connectivity index (χ2v) is 5.92. The Morgan fingerprint density at radius 2 is 2.16 bits per heavy atom.